The third-order valence-electron chi connectivity index (χ3n) is 1.50. The van der Waals surface area contributed by atoms with E-state index in [1.807, 2.05) is 18.2 Å². The largest absolute Gasteiger partial charge is 0.392 e. The number of hydrogen-bond donors (Lipinski definition) is 1. The van der Waals surface area contributed by atoms with Crippen LogP contribution in [0.2, 0.25) is 0 Å². The second-order valence-corrected chi connectivity index (χ2v) is 2.32. The average Bonchev–Trinajstić information content (AvgIpc) is 2.03. The summed E-state index contributed by atoms with van der Waals surface area (Å²) in [6, 6.07) is 0. The Bertz CT molecular complexity index is 166. The van der Waals surface area contributed by atoms with E-state index in [1.165, 1.54) is 0 Å². The van der Waals surface area contributed by atoms with Crippen molar-refractivity contribution in [2.75, 3.05) is 6.61 Å². The summed E-state index contributed by atoms with van der Waals surface area (Å²) in [4.78, 5) is 0. The molecule has 1 N–H and O–H groups in total. The fourth-order valence-corrected chi connectivity index (χ4v) is 0.978. The first kappa shape index (κ1) is 7.29. The fourth-order valence-electron chi connectivity index (χ4n) is 0.978. The van der Waals surface area contributed by atoms with Gasteiger partial charge in [-0.25, -0.2) is 0 Å². The molecule has 0 radical (unpaired) electrons. The third kappa shape index (κ3) is 2.19. The van der Waals surface area contributed by atoms with Gasteiger partial charge >= 0.3 is 0 Å². The Morgan fingerprint density at radius 3 is 3.00 bits per heavy atom. The van der Waals surface area contributed by atoms with E-state index in [0.29, 0.717) is 5.92 Å². The number of aliphatic hydroxyl groups excluding tert-OH is 1. The molecule has 1 rings (SSSR count). The molecule has 0 heterocycles. The van der Waals surface area contributed by atoms with Gasteiger partial charge in [0.15, 0.2) is 0 Å². The lowest BCUT2D eigenvalue weighted by atomic mass is 10.0. The molecule has 1 unspecified atom stereocenters. The predicted octanol–water partition coefficient (Wildman–Crippen LogP) is 1.67. The Kier molecular flexibility index (Phi) is 2.97. The average molecular weight is 136 g/mol. The summed E-state index contributed by atoms with van der Waals surface area (Å²) < 4.78 is 0. The van der Waals surface area contributed by atoms with Crippen molar-refractivity contribution in [3.63, 3.8) is 0 Å². The van der Waals surface area contributed by atoms with Crippen LogP contribution in [-0.2, 0) is 0 Å². The summed E-state index contributed by atoms with van der Waals surface area (Å²) in [5.41, 5.74) is 0. The maximum absolute atomic E-state index is 8.47. The third-order valence-corrected chi connectivity index (χ3v) is 1.50. The molecule has 1 aliphatic carbocycles. The van der Waals surface area contributed by atoms with Gasteiger partial charge in [-0.15, -0.1) is 0 Å². The van der Waals surface area contributed by atoms with Crippen LogP contribution in [0.4, 0.5) is 0 Å². The summed E-state index contributed by atoms with van der Waals surface area (Å²) >= 11 is 0. The van der Waals surface area contributed by atoms with Crippen LogP contribution in [0.5, 0.6) is 0 Å². The van der Waals surface area contributed by atoms with E-state index in [9.17, 15) is 0 Å². The molecule has 0 bridgehead atoms. The Morgan fingerprint density at radius 1 is 1.50 bits per heavy atom. The van der Waals surface area contributed by atoms with Crippen molar-refractivity contribution in [2.24, 2.45) is 5.92 Å². The van der Waals surface area contributed by atoms with Crippen molar-refractivity contribution >= 4 is 0 Å². The minimum atomic E-state index is 0.147. The quantitative estimate of drug-likeness (QED) is 0.572. The molecule has 0 saturated heterocycles. The van der Waals surface area contributed by atoms with E-state index in [0.717, 1.165) is 6.42 Å². The topological polar surface area (TPSA) is 20.2 Å². The predicted molar refractivity (Wildman–Crippen MR) is 42.6 cm³/mol. The van der Waals surface area contributed by atoms with Crippen LogP contribution in [-0.4, -0.2) is 11.7 Å². The molecule has 0 aliphatic heterocycles. The monoisotopic (exact) mass is 136 g/mol. The summed E-state index contributed by atoms with van der Waals surface area (Å²) in [7, 11) is 0. The first-order valence-electron chi connectivity index (χ1n) is 3.54. The Balaban J connectivity index is 2.36. The molecule has 0 aromatic heterocycles. The molecular formula is C9H12O. The maximum atomic E-state index is 8.47. The Labute approximate surface area is 61.4 Å². The molecule has 0 spiro atoms. The lowest BCUT2D eigenvalue weighted by Gasteiger charge is -2.05. The van der Waals surface area contributed by atoms with Gasteiger partial charge in [-0.05, 0) is 12.3 Å². The molecule has 1 atom stereocenters. The van der Waals surface area contributed by atoms with Crippen molar-refractivity contribution < 1.29 is 5.11 Å². The van der Waals surface area contributed by atoms with Gasteiger partial charge in [0.25, 0.3) is 0 Å². The van der Waals surface area contributed by atoms with Crippen LogP contribution in [0.3, 0.4) is 0 Å². The second kappa shape index (κ2) is 4.07. The summed E-state index contributed by atoms with van der Waals surface area (Å²) in [6.07, 6.45) is 13.2. The van der Waals surface area contributed by atoms with Gasteiger partial charge in [-0.3, -0.25) is 0 Å². The number of rotatable bonds is 2. The molecule has 0 saturated carbocycles. The van der Waals surface area contributed by atoms with Crippen molar-refractivity contribution in [3.05, 3.63) is 36.5 Å². The minimum Gasteiger partial charge on any atom is -0.392 e. The summed E-state index contributed by atoms with van der Waals surface area (Å²) in [5.74, 6) is 0.497. The maximum Gasteiger partial charge on any atom is 0.0612 e. The van der Waals surface area contributed by atoms with E-state index in [-0.39, 0.29) is 6.61 Å². The zero-order valence-corrected chi connectivity index (χ0v) is 5.90. The molecule has 1 heteroatoms. The molecule has 0 aromatic rings. The number of hydrogen-bond acceptors (Lipinski definition) is 1. The Morgan fingerprint density at radius 2 is 2.40 bits per heavy atom. The van der Waals surface area contributed by atoms with E-state index in [1.54, 1.807) is 6.08 Å². The van der Waals surface area contributed by atoms with Gasteiger partial charge in [-0.1, -0.05) is 36.5 Å². The van der Waals surface area contributed by atoms with Crippen LogP contribution >= 0.6 is 0 Å². The highest BCUT2D eigenvalue weighted by molar-refractivity contribution is 5.15. The summed E-state index contributed by atoms with van der Waals surface area (Å²) in [5, 5.41) is 8.47. The van der Waals surface area contributed by atoms with Gasteiger partial charge in [0.05, 0.1) is 6.61 Å². The fraction of sp³-hybridized carbons (Fsp3) is 0.333. The molecule has 0 fully saturated rings. The van der Waals surface area contributed by atoms with Crippen LogP contribution in [0.15, 0.2) is 36.5 Å². The van der Waals surface area contributed by atoms with Crippen LogP contribution in [0.25, 0.3) is 0 Å². The standard InChI is InChI=1S/C9H12O/c10-8-4-7-9-5-2-1-3-6-9/h1-5,7,9-10H,6,8H2/b7-4+. The van der Waals surface area contributed by atoms with Gasteiger partial charge in [-0.2, -0.15) is 0 Å². The van der Waals surface area contributed by atoms with Crippen LogP contribution < -0.4 is 0 Å². The molecular weight excluding hydrogens is 124 g/mol. The zero-order chi connectivity index (χ0) is 7.23. The smallest absolute Gasteiger partial charge is 0.0612 e. The van der Waals surface area contributed by atoms with Gasteiger partial charge in [0, 0.05) is 0 Å². The normalized spacial score (nSPS) is 24.3. The molecule has 1 aliphatic rings. The highest BCUT2D eigenvalue weighted by Crippen LogP contribution is 2.11. The van der Waals surface area contributed by atoms with E-state index in [2.05, 4.69) is 12.2 Å². The Hall–Kier alpha value is -0.820. The second-order valence-electron chi connectivity index (χ2n) is 2.32. The number of aliphatic hydroxyl groups is 1. The van der Waals surface area contributed by atoms with Gasteiger partial charge in [0.2, 0.25) is 0 Å². The molecule has 0 aromatic carbocycles. The van der Waals surface area contributed by atoms with Crippen molar-refractivity contribution in [3.8, 4) is 0 Å². The van der Waals surface area contributed by atoms with E-state index < -0.39 is 0 Å². The zero-order valence-electron chi connectivity index (χ0n) is 5.90. The molecule has 10 heavy (non-hydrogen) atoms. The number of allylic oxidation sites excluding steroid dienone is 5. The van der Waals surface area contributed by atoms with Crippen LogP contribution in [0.1, 0.15) is 6.42 Å². The van der Waals surface area contributed by atoms with E-state index in [4.69, 9.17) is 5.11 Å². The lowest BCUT2D eigenvalue weighted by molar-refractivity contribution is 0.342. The molecule has 1 nitrogen and oxygen atoms in total. The lowest BCUT2D eigenvalue weighted by Crippen LogP contribution is -1.92. The van der Waals surface area contributed by atoms with Crippen molar-refractivity contribution in [2.45, 2.75) is 6.42 Å². The molecule has 54 valence electrons. The van der Waals surface area contributed by atoms with Gasteiger partial charge in [0.1, 0.15) is 0 Å². The summed E-state index contributed by atoms with van der Waals surface area (Å²) in [6.45, 7) is 0.147. The van der Waals surface area contributed by atoms with Gasteiger partial charge < -0.3 is 5.11 Å². The highest BCUT2D eigenvalue weighted by Gasteiger charge is 1.97. The first-order chi connectivity index (χ1) is 4.93. The van der Waals surface area contributed by atoms with Crippen molar-refractivity contribution in [1.82, 2.24) is 0 Å². The van der Waals surface area contributed by atoms with Crippen molar-refractivity contribution in [1.29, 1.82) is 0 Å². The highest BCUT2D eigenvalue weighted by atomic mass is 16.2. The van der Waals surface area contributed by atoms with E-state index >= 15 is 0 Å². The minimum absolute atomic E-state index is 0.147. The molecule has 0 amide bonds. The SMILES string of the molecule is OC/C=C/C1C=CC=CC1. The van der Waals surface area contributed by atoms with Crippen LogP contribution in [0, 0.1) is 5.92 Å². The first-order valence-corrected chi connectivity index (χ1v) is 3.54.